The van der Waals surface area contributed by atoms with Gasteiger partial charge in [0.25, 0.3) is 6.47 Å². The molecule has 1 aromatic rings. The lowest BCUT2D eigenvalue weighted by atomic mass is 10.2. The third-order valence-corrected chi connectivity index (χ3v) is 1.78. The number of allylic oxidation sites excluding steroid dienone is 2. The van der Waals surface area contributed by atoms with Gasteiger partial charge in [-0.3, -0.25) is 4.79 Å². The molecule has 0 fully saturated rings. The number of carbonyl (C=O) groups is 1. The highest BCUT2D eigenvalue weighted by Crippen LogP contribution is 2.18. The van der Waals surface area contributed by atoms with E-state index in [1.807, 2.05) is 30.5 Å². The average molecular weight is 203 g/mol. The molecule has 0 saturated heterocycles. The van der Waals surface area contributed by atoms with Crippen molar-refractivity contribution in [1.29, 1.82) is 0 Å². The van der Waals surface area contributed by atoms with Crippen molar-refractivity contribution in [2.75, 3.05) is 12.4 Å². The second-order valence-electron chi connectivity index (χ2n) is 2.78. The molecular formula is C12H13NO2. The Labute approximate surface area is 89.1 Å². The molecule has 0 aromatic heterocycles. The van der Waals surface area contributed by atoms with Gasteiger partial charge in [0.2, 0.25) is 0 Å². The molecule has 0 radical (unpaired) electrons. The second kappa shape index (κ2) is 6.43. The first-order valence-electron chi connectivity index (χ1n) is 4.53. The predicted molar refractivity (Wildman–Crippen MR) is 61.3 cm³/mol. The number of anilines is 1. The number of methoxy groups -OCH3 is 1. The van der Waals surface area contributed by atoms with Crippen LogP contribution in [0, 0.1) is 0 Å². The van der Waals surface area contributed by atoms with Gasteiger partial charge in [-0.25, -0.2) is 0 Å². The molecule has 3 heteroatoms. The maximum absolute atomic E-state index is 8.95. The summed E-state index contributed by atoms with van der Waals surface area (Å²) in [5.41, 5.74) is 2.40. The summed E-state index contributed by atoms with van der Waals surface area (Å²) >= 11 is 0. The average Bonchev–Trinajstić information content (AvgIpc) is 2.54. The summed E-state index contributed by atoms with van der Waals surface area (Å²) in [6, 6.07) is 8.22. The Morgan fingerprint density at radius 1 is 1.27 bits per heavy atom. The predicted octanol–water partition coefficient (Wildman–Crippen LogP) is 2.43. The van der Waals surface area contributed by atoms with Crippen molar-refractivity contribution in [3.8, 4) is 0 Å². The minimum Gasteiger partial charge on any atom is -0.471 e. The maximum Gasteiger partial charge on any atom is 0.292 e. The largest absolute Gasteiger partial charge is 0.471 e. The van der Waals surface area contributed by atoms with E-state index in [1.54, 1.807) is 0 Å². The summed E-state index contributed by atoms with van der Waals surface area (Å²) in [5, 5.41) is 3.18. The molecule has 1 aliphatic rings. The van der Waals surface area contributed by atoms with Crippen LogP contribution in [0.1, 0.15) is 5.56 Å². The molecule has 3 nitrogen and oxygen atoms in total. The van der Waals surface area contributed by atoms with E-state index in [0.29, 0.717) is 6.47 Å². The molecule has 0 unspecified atom stereocenters. The molecule has 1 N–H and O–H groups in total. The Kier molecular flexibility index (Phi) is 4.73. The van der Waals surface area contributed by atoms with Crippen LogP contribution in [0.3, 0.4) is 0 Å². The Bertz CT molecular complexity index is 370. The van der Waals surface area contributed by atoms with Gasteiger partial charge in [-0.05, 0) is 17.7 Å². The van der Waals surface area contributed by atoms with E-state index in [-0.39, 0.29) is 0 Å². The molecule has 0 atom stereocenters. The van der Waals surface area contributed by atoms with Gasteiger partial charge in [0.05, 0.1) is 7.11 Å². The van der Waals surface area contributed by atoms with E-state index < -0.39 is 0 Å². The van der Waals surface area contributed by atoms with Gasteiger partial charge in [-0.15, -0.1) is 0 Å². The molecule has 1 aliphatic heterocycles. The normalized spacial score (nSPS) is 11.3. The van der Waals surface area contributed by atoms with Crippen molar-refractivity contribution in [3.63, 3.8) is 0 Å². The van der Waals surface area contributed by atoms with Gasteiger partial charge in [0.1, 0.15) is 0 Å². The summed E-state index contributed by atoms with van der Waals surface area (Å²) in [5.74, 6) is 0. The van der Waals surface area contributed by atoms with Crippen molar-refractivity contribution in [3.05, 3.63) is 48.2 Å². The summed E-state index contributed by atoms with van der Waals surface area (Å²) in [6.45, 7) is 0.375. The molecule has 0 saturated carbocycles. The van der Waals surface area contributed by atoms with E-state index in [2.05, 4.69) is 28.3 Å². The summed E-state index contributed by atoms with van der Waals surface area (Å²) in [4.78, 5) is 8.95. The third-order valence-electron chi connectivity index (χ3n) is 1.78. The maximum atomic E-state index is 8.95. The van der Waals surface area contributed by atoms with Gasteiger partial charge in [0, 0.05) is 11.9 Å². The molecule has 1 heterocycles. The Morgan fingerprint density at radius 3 is 2.73 bits per heavy atom. The Balaban J connectivity index is 0.000000245. The summed E-state index contributed by atoms with van der Waals surface area (Å²) in [7, 11) is 1.31. The number of benzene rings is 1. The molecule has 78 valence electrons. The van der Waals surface area contributed by atoms with Crippen molar-refractivity contribution in [1.82, 2.24) is 0 Å². The van der Waals surface area contributed by atoms with Crippen LogP contribution in [-0.2, 0) is 9.53 Å². The van der Waals surface area contributed by atoms with E-state index in [1.165, 1.54) is 12.7 Å². The van der Waals surface area contributed by atoms with Crippen LogP contribution in [-0.4, -0.2) is 13.6 Å². The molecule has 2 rings (SSSR count). The van der Waals surface area contributed by atoms with E-state index in [4.69, 9.17) is 4.79 Å². The number of hydrogen-bond acceptors (Lipinski definition) is 3. The molecule has 0 amide bonds. The number of para-hydroxylation sites is 1. The molecule has 0 bridgehead atoms. The highest BCUT2D eigenvalue weighted by molar-refractivity contribution is 5.69. The minimum absolute atomic E-state index is 0.375. The zero-order chi connectivity index (χ0) is 10.9. The summed E-state index contributed by atoms with van der Waals surface area (Å²) < 4.78 is 3.86. The zero-order valence-electron chi connectivity index (χ0n) is 8.51. The van der Waals surface area contributed by atoms with Crippen molar-refractivity contribution < 1.29 is 9.53 Å². The fourth-order valence-corrected chi connectivity index (χ4v) is 1.13. The highest BCUT2D eigenvalue weighted by Gasteiger charge is 1.95. The number of rotatable bonds is 1. The van der Waals surface area contributed by atoms with Crippen LogP contribution in [0.25, 0.3) is 6.08 Å². The number of carbonyl (C=O) groups excluding carboxylic acids is 1. The monoisotopic (exact) mass is 203 g/mol. The van der Waals surface area contributed by atoms with Crippen molar-refractivity contribution in [2.24, 2.45) is 0 Å². The van der Waals surface area contributed by atoms with Gasteiger partial charge >= 0.3 is 0 Å². The number of hydrogen-bond donors (Lipinski definition) is 1. The number of fused-ring (bicyclic) bond motifs is 1. The minimum atomic E-state index is 0.375. The lowest BCUT2D eigenvalue weighted by Crippen LogP contribution is -1.87. The number of nitrogens with one attached hydrogen (secondary N) is 1. The molecule has 0 spiro atoms. The lowest BCUT2D eigenvalue weighted by Gasteiger charge is -2.01. The first kappa shape index (κ1) is 11.0. The van der Waals surface area contributed by atoms with E-state index in [9.17, 15) is 0 Å². The standard InChI is InChI=1S/C10H9N.C2H4O2/c1-2-7-10-9(5-1)6-3-4-8-11-10;1-4-2-3/h1-8,11H;2H,1H3. The smallest absolute Gasteiger partial charge is 0.292 e. The topological polar surface area (TPSA) is 38.3 Å². The molecular weight excluding hydrogens is 190 g/mol. The number of ether oxygens (including phenoxy) is 1. The van der Waals surface area contributed by atoms with Gasteiger partial charge in [-0.1, -0.05) is 30.4 Å². The first-order valence-corrected chi connectivity index (χ1v) is 4.53. The fourth-order valence-electron chi connectivity index (χ4n) is 1.13. The van der Waals surface area contributed by atoms with Gasteiger partial charge < -0.3 is 10.1 Å². The van der Waals surface area contributed by atoms with Crippen molar-refractivity contribution >= 4 is 18.2 Å². The van der Waals surface area contributed by atoms with E-state index >= 15 is 0 Å². The van der Waals surface area contributed by atoms with Crippen LogP contribution in [0.2, 0.25) is 0 Å². The summed E-state index contributed by atoms with van der Waals surface area (Å²) in [6.07, 6.45) is 8.03. The molecule has 15 heavy (non-hydrogen) atoms. The van der Waals surface area contributed by atoms with E-state index in [0.717, 1.165) is 5.69 Å². The quantitative estimate of drug-likeness (QED) is 0.712. The Morgan fingerprint density at radius 2 is 2.00 bits per heavy atom. The van der Waals surface area contributed by atoms with Crippen LogP contribution >= 0.6 is 0 Å². The first-order chi connectivity index (χ1) is 7.38. The SMILES string of the molecule is C1=CNc2ccccc2C=C1.COC=O. The highest BCUT2D eigenvalue weighted by atomic mass is 16.5. The molecule has 0 aliphatic carbocycles. The fraction of sp³-hybridized carbons (Fsp3) is 0.0833. The Hall–Kier alpha value is -2.03. The third kappa shape index (κ3) is 3.68. The van der Waals surface area contributed by atoms with Crippen LogP contribution in [0.5, 0.6) is 0 Å². The lowest BCUT2D eigenvalue weighted by molar-refractivity contribution is -0.126. The van der Waals surface area contributed by atoms with Crippen molar-refractivity contribution in [2.45, 2.75) is 0 Å². The zero-order valence-corrected chi connectivity index (χ0v) is 8.51. The van der Waals surface area contributed by atoms with Crippen LogP contribution in [0.15, 0.2) is 42.6 Å². The van der Waals surface area contributed by atoms with Gasteiger partial charge in [0.15, 0.2) is 0 Å². The molecule has 1 aromatic carbocycles. The van der Waals surface area contributed by atoms with Crippen LogP contribution < -0.4 is 5.32 Å². The van der Waals surface area contributed by atoms with Gasteiger partial charge in [-0.2, -0.15) is 0 Å². The second-order valence-corrected chi connectivity index (χ2v) is 2.78. The van der Waals surface area contributed by atoms with Crippen LogP contribution in [0.4, 0.5) is 5.69 Å².